The Morgan fingerprint density at radius 2 is 2.21 bits per heavy atom. The number of hydrogen-bond acceptors (Lipinski definition) is 4. The van der Waals surface area contributed by atoms with Gasteiger partial charge in [-0.15, -0.1) is 0 Å². The van der Waals surface area contributed by atoms with E-state index in [2.05, 4.69) is 22.1 Å². The second kappa shape index (κ2) is 7.84. The van der Waals surface area contributed by atoms with Crippen LogP contribution >= 0.6 is 0 Å². The summed E-state index contributed by atoms with van der Waals surface area (Å²) in [6, 6.07) is 3.21. The Morgan fingerprint density at radius 1 is 1.42 bits per heavy atom. The molecule has 1 rings (SSSR count). The molecule has 1 aromatic rings. The summed E-state index contributed by atoms with van der Waals surface area (Å²) in [6.07, 6.45) is 1.97. The van der Waals surface area contributed by atoms with Crippen LogP contribution in [0.3, 0.4) is 0 Å². The molecule has 0 fully saturated rings. The molecule has 0 atom stereocenters. The molecule has 1 heterocycles. The van der Waals surface area contributed by atoms with Crippen molar-refractivity contribution in [2.24, 2.45) is 5.73 Å². The second-order valence-corrected chi connectivity index (χ2v) is 3.68. The summed E-state index contributed by atoms with van der Waals surface area (Å²) in [5.41, 5.74) is 5.87. The van der Waals surface area contributed by atoms with Crippen LogP contribution in [0.2, 0.25) is 0 Å². The molecule has 6 nitrogen and oxygen atoms in total. The maximum absolute atomic E-state index is 11.6. The van der Waals surface area contributed by atoms with Crippen molar-refractivity contribution in [2.45, 2.75) is 12.8 Å². The van der Waals surface area contributed by atoms with E-state index in [1.165, 1.54) is 6.20 Å². The fourth-order valence-electron chi connectivity index (χ4n) is 1.21. The van der Waals surface area contributed by atoms with Crippen molar-refractivity contribution in [3.63, 3.8) is 0 Å². The summed E-state index contributed by atoms with van der Waals surface area (Å²) in [7, 11) is 0. The van der Waals surface area contributed by atoms with Crippen LogP contribution < -0.4 is 11.1 Å². The van der Waals surface area contributed by atoms with Gasteiger partial charge in [0.2, 0.25) is 5.91 Å². The Kier molecular flexibility index (Phi) is 6.06. The predicted molar refractivity (Wildman–Crippen MR) is 69.0 cm³/mol. The van der Waals surface area contributed by atoms with Crippen LogP contribution in [0.15, 0.2) is 18.3 Å². The molecular formula is C13H15N3O3. The maximum atomic E-state index is 11.6. The van der Waals surface area contributed by atoms with Crippen LogP contribution in [0.25, 0.3) is 0 Å². The van der Waals surface area contributed by atoms with Crippen LogP contribution in [-0.2, 0) is 4.79 Å². The van der Waals surface area contributed by atoms with Crippen molar-refractivity contribution >= 4 is 11.8 Å². The monoisotopic (exact) mass is 261 g/mol. The van der Waals surface area contributed by atoms with Gasteiger partial charge in [-0.05, 0) is 12.1 Å². The zero-order valence-electron chi connectivity index (χ0n) is 10.3. The lowest BCUT2D eigenvalue weighted by atomic mass is 10.2. The smallest absolute Gasteiger partial charge is 0.269 e. The number of hydrogen-bond donors (Lipinski definition) is 3. The van der Waals surface area contributed by atoms with Gasteiger partial charge in [0.1, 0.15) is 5.69 Å². The zero-order valence-corrected chi connectivity index (χ0v) is 10.3. The van der Waals surface area contributed by atoms with E-state index in [9.17, 15) is 9.59 Å². The first-order chi connectivity index (χ1) is 9.13. The minimum Gasteiger partial charge on any atom is -0.395 e. The highest BCUT2D eigenvalue weighted by atomic mass is 16.2. The number of primary amides is 1. The minimum absolute atomic E-state index is 0.0147. The Balaban J connectivity index is 2.54. The van der Waals surface area contributed by atoms with Crippen molar-refractivity contribution in [1.29, 1.82) is 0 Å². The minimum atomic E-state index is -0.470. The fourth-order valence-corrected chi connectivity index (χ4v) is 1.21. The molecule has 100 valence electrons. The van der Waals surface area contributed by atoms with Gasteiger partial charge in [-0.3, -0.25) is 9.59 Å². The molecule has 0 aliphatic carbocycles. The quantitative estimate of drug-likeness (QED) is 0.617. The van der Waals surface area contributed by atoms with E-state index in [4.69, 9.17) is 10.8 Å². The molecule has 0 saturated carbocycles. The Bertz CT molecular complexity index is 500. The molecule has 0 aliphatic heterocycles. The van der Waals surface area contributed by atoms with Gasteiger partial charge in [0.25, 0.3) is 5.91 Å². The number of aliphatic hydroxyl groups is 1. The highest BCUT2D eigenvalue weighted by Gasteiger charge is 2.06. The van der Waals surface area contributed by atoms with E-state index in [-0.39, 0.29) is 31.2 Å². The van der Waals surface area contributed by atoms with Gasteiger partial charge in [-0.1, -0.05) is 11.8 Å². The molecular weight excluding hydrogens is 246 g/mol. The molecule has 0 aromatic carbocycles. The lowest BCUT2D eigenvalue weighted by Gasteiger charge is -2.02. The van der Waals surface area contributed by atoms with Gasteiger partial charge in [-0.2, -0.15) is 0 Å². The topological polar surface area (TPSA) is 105 Å². The van der Waals surface area contributed by atoms with Crippen molar-refractivity contribution in [2.75, 3.05) is 13.2 Å². The molecule has 4 N–H and O–H groups in total. The SMILES string of the molecule is NC(=O)CCNC(=O)c1ccc(C#CCCO)cn1. The van der Waals surface area contributed by atoms with E-state index in [1.807, 2.05) is 0 Å². The van der Waals surface area contributed by atoms with Crippen molar-refractivity contribution < 1.29 is 14.7 Å². The second-order valence-electron chi connectivity index (χ2n) is 3.68. The largest absolute Gasteiger partial charge is 0.395 e. The summed E-state index contributed by atoms with van der Waals surface area (Å²) in [4.78, 5) is 26.1. The third-order valence-corrected chi connectivity index (χ3v) is 2.12. The van der Waals surface area contributed by atoms with Gasteiger partial charge >= 0.3 is 0 Å². The highest BCUT2D eigenvalue weighted by Crippen LogP contribution is 1.99. The van der Waals surface area contributed by atoms with E-state index >= 15 is 0 Å². The van der Waals surface area contributed by atoms with Gasteiger partial charge < -0.3 is 16.2 Å². The average Bonchev–Trinajstić information content (AvgIpc) is 2.39. The molecule has 0 bridgehead atoms. The van der Waals surface area contributed by atoms with Gasteiger partial charge in [0.05, 0.1) is 6.61 Å². The molecule has 1 aromatic heterocycles. The molecule has 0 saturated heterocycles. The number of nitrogens with two attached hydrogens (primary N) is 1. The maximum Gasteiger partial charge on any atom is 0.269 e. The number of nitrogens with zero attached hydrogens (tertiary/aromatic N) is 1. The predicted octanol–water partition coefficient (Wildman–Crippen LogP) is -0.579. The Labute approximate surface area is 111 Å². The van der Waals surface area contributed by atoms with Crippen LogP contribution in [0.1, 0.15) is 28.9 Å². The molecule has 6 heteroatoms. The van der Waals surface area contributed by atoms with Crippen LogP contribution in [0.4, 0.5) is 0 Å². The summed E-state index contributed by atoms with van der Waals surface area (Å²) < 4.78 is 0. The number of aromatic nitrogens is 1. The number of amides is 2. The Hall–Kier alpha value is -2.39. The standard InChI is InChI=1S/C13H15N3O3/c14-12(18)6-7-15-13(19)11-5-4-10(9-16-11)3-1-2-8-17/h4-5,9,17H,2,6-8H2,(H2,14,18)(H,15,19). The summed E-state index contributed by atoms with van der Waals surface area (Å²) >= 11 is 0. The first kappa shape index (κ1) is 14.7. The normalized spacial score (nSPS) is 9.32. The molecule has 0 radical (unpaired) electrons. The highest BCUT2D eigenvalue weighted by molar-refractivity contribution is 5.92. The molecule has 0 aliphatic rings. The zero-order chi connectivity index (χ0) is 14.1. The average molecular weight is 261 g/mol. The molecule has 0 unspecified atom stereocenters. The van der Waals surface area contributed by atoms with Crippen molar-refractivity contribution in [3.05, 3.63) is 29.6 Å². The van der Waals surface area contributed by atoms with E-state index < -0.39 is 5.91 Å². The van der Waals surface area contributed by atoms with Gasteiger partial charge in [0, 0.05) is 31.1 Å². The third-order valence-electron chi connectivity index (χ3n) is 2.12. The lowest BCUT2D eigenvalue weighted by Crippen LogP contribution is -2.28. The third kappa shape index (κ3) is 5.66. The number of pyridine rings is 1. The number of rotatable bonds is 5. The van der Waals surface area contributed by atoms with Gasteiger partial charge in [0.15, 0.2) is 0 Å². The first-order valence-electron chi connectivity index (χ1n) is 5.75. The summed E-state index contributed by atoms with van der Waals surface area (Å²) in [5, 5.41) is 11.1. The molecule has 2 amide bonds. The van der Waals surface area contributed by atoms with E-state index in [0.29, 0.717) is 12.0 Å². The number of nitrogens with one attached hydrogen (secondary N) is 1. The van der Waals surface area contributed by atoms with Crippen LogP contribution in [-0.4, -0.2) is 35.1 Å². The lowest BCUT2D eigenvalue weighted by molar-refractivity contribution is -0.117. The fraction of sp³-hybridized carbons (Fsp3) is 0.308. The Morgan fingerprint density at radius 3 is 2.79 bits per heavy atom. The number of carbonyl (C=O) groups excluding carboxylic acids is 2. The van der Waals surface area contributed by atoms with Crippen molar-refractivity contribution in [3.8, 4) is 11.8 Å². The first-order valence-corrected chi connectivity index (χ1v) is 5.75. The number of aliphatic hydroxyl groups excluding tert-OH is 1. The van der Waals surface area contributed by atoms with E-state index in [0.717, 1.165) is 0 Å². The molecule has 19 heavy (non-hydrogen) atoms. The van der Waals surface area contributed by atoms with Crippen LogP contribution in [0, 0.1) is 11.8 Å². The molecule has 0 spiro atoms. The summed E-state index contributed by atoms with van der Waals surface area (Å²) in [6.45, 7) is 0.203. The van der Waals surface area contributed by atoms with Crippen LogP contribution in [0.5, 0.6) is 0 Å². The van der Waals surface area contributed by atoms with E-state index in [1.54, 1.807) is 12.1 Å². The van der Waals surface area contributed by atoms with Crippen molar-refractivity contribution in [1.82, 2.24) is 10.3 Å². The van der Waals surface area contributed by atoms with Gasteiger partial charge in [-0.25, -0.2) is 4.98 Å². The summed E-state index contributed by atoms with van der Waals surface area (Å²) in [5.74, 6) is 4.72. The number of carbonyl (C=O) groups is 2.